The Hall–Kier alpha value is -1.06. The zero-order valence-corrected chi connectivity index (χ0v) is 11.4. The number of para-hydroxylation sites is 1. The molecule has 1 N–H and O–H groups in total. The number of hydrogen-bond donors (Lipinski definition) is 1. The minimum atomic E-state index is 0.228. The van der Waals surface area contributed by atoms with Crippen molar-refractivity contribution in [3.8, 4) is 5.75 Å². The maximum Gasteiger partial charge on any atom is 0.123 e. The van der Waals surface area contributed by atoms with Gasteiger partial charge in [0.1, 0.15) is 11.9 Å². The molecule has 19 heavy (non-hydrogen) atoms. The van der Waals surface area contributed by atoms with Crippen LogP contribution in [-0.2, 0) is 4.74 Å². The first-order chi connectivity index (χ1) is 9.43. The third-order valence-electron chi connectivity index (χ3n) is 4.07. The molecular formula is C16H23NO2. The van der Waals surface area contributed by atoms with Gasteiger partial charge in [0, 0.05) is 19.1 Å². The van der Waals surface area contributed by atoms with E-state index in [1.165, 1.54) is 18.4 Å². The second-order valence-corrected chi connectivity index (χ2v) is 5.54. The van der Waals surface area contributed by atoms with Gasteiger partial charge in [0.15, 0.2) is 0 Å². The van der Waals surface area contributed by atoms with Crippen LogP contribution in [-0.4, -0.2) is 32.4 Å². The molecule has 2 fully saturated rings. The average molecular weight is 261 g/mol. The van der Waals surface area contributed by atoms with Crippen LogP contribution in [0.4, 0.5) is 0 Å². The molecule has 0 amide bonds. The molecule has 2 saturated heterocycles. The van der Waals surface area contributed by atoms with E-state index >= 15 is 0 Å². The molecule has 3 heteroatoms. The monoisotopic (exact) mass is 261 g/mol. The van der Waals surface area contributed by atoms with E-state index < -0.39 is 0 Å². The molecule has 0 radical (unpaired) electrons. The van der Waals surface area contributed by atoms with Gasteiger partial charge in [-0.15, -0.1) is 0 Å². The largest absolute Gasteiger partial charge is 0.488 e. The molecule has 2 aliphatic heterocycles. The first kappa shape index (κ1) is 12.9. The summed E-state index contributed by atoms with van der Waals surface area (Å²) >= 11 is 0. The Morgan fingerprint density at radius 3 is 2.89 bits per heavy atom. The van der Waals surface area contributed by atoms with Crippen LogP contribution in [0.5, 0.6) is 5.75 Å². The van der Waals surface area contributed by atoms with Crippen LogP contribution in [0, 0.1) is 0 Å². The number of hydrogen-bond acceptors (Lipinski definition) is 3. The van der Waals surface area contributed by atoms with Crippen molar-refractivity contribution in [3.63, 3.8) is 0 Å². The summed E-state index contributed by atoms with van der Waals surface area (Å²) in [5, 5.41) is 3.48. The normalized spacial score (nSPS) is 28.0. The molecule has 0 saturated carbocycles. The summed E-state index contributed by atoms with van der Waals surface area (Å²) in [6.07, 6.45) is 4.96. The van der Waals surface area contributed by atoms with Crippen molar-refractivity contribution in [2.24, 2.45) is 0 Å². The highest BCUT2D eigenvalue weighted by Gasteiger charge is 2.21. The minimum absolute atomic E-state index is 0.228. The Labute approximate surface area is 115 Å². The van der Waals surface area contributed by atoms with Crippen molar-refractivity contribution in [2.75, 3.05) is 26.3 Å². The van der Waals surface area contributed by atoms with Crippen LogP contribution in [0.15, 0.2) is 24.3 Å². The predicted octanol–water partition coefficient (Wildman–Crippen LogP) is 2.71. The summed E-state index contributed by atoms with van der Waals surface area (Å²) in [6.45, 7) is 3.84. The second-order valence-electron chi connectivity index (χ2n) is 5.54. The average Bonchev–Trinajstić information content (AvgIpc) is 2.50. The number of ether oxygens (including phenoxy) is 2. The van der Waals surface area contributed by atoms with Crippen molar-refractivity contribution in [3.05, 3.63) is 29.8 Å². The van der Waals surface area contributed by atoms with Gasteiger partial charge in [-0.1, -0.05) is 18.2 Å². The molecule has 0 aliphatic carbocycles. The Bertz CT molecular complexity index is 395. The van der Waals surface area contributed by atoms with E-state index in [4.69, 9.17) is 9.47 Å². The van der Waals surface area contributed by atoms with Gasteiger partial charge in [-0.3, -0.25) is 0 Å². The fraction of sp³-hybridized carbons (Fsp3) is 0.625. The summed E-state index contributed by atoms with van der Waals surface area (Å²) in [4.78, 5) is 0. The zero-order chi connectivity index (χ0) is 12.9. The smallest absolute Gasteiger partial charge is 0.123 e. The first-order valence-corrected chi connectivity index (χ1v) is 7.47. The fourth-order valence-corrected chi connectivity index (χ4v) is 3.03. The minimum Gasteiger partial charge on any atom is -0.488 e. The van der Waals surface area contributed by atoms with Gasteiger partial charge in [-0.2, -0.15) is 0 Å². The quantitative estimate of drug-likeness (QED) is 0.907. The van der Waals surface area contributed by atoms with Crippen LogP contribution in [0.3, 0.4) is 0 Å². The van der Waals surface area contributed by atoms with E-state index in [1.54, 1.807) is 0 Å². The van der Waals surface area contributed by atoms with Gasteiger partial charge in [0.2, 0.25) is 0 Å². The van der Waals surface area contributed by atoms with Gasteiger partial charge >= 0.3 is 0 Å². The lowest BCUT2D eigenvalue weighted by Crippen LogP contribution is -2.30. The van der Waals surface area contributed by atoms with Crippen LogP contribution >= 0.6 is 0 Å². The van der Waals surface area contributed by atoms with Gasteiger partial charge in [-0.05, 0) is 43.9 Å². The van der Waals surface area contributed by atoms with E-state index in [2.05, 4.69) is 29.6 Å². The van der Waals surface area contributed by atoms with E-state index in [-0.39, 0.29) is 6.10 Å². The fourth-order valence-electron chi connectivity index (χ4n) is 3.03. The molecule has 3 nitrogen and oxygen atoms in total. The van der Waals surface area contributed by atoms with Gasteiger partial charge < -0.3 is 14.8 Å². The molecule has 104 valence electrons. The highest BCUT2D eigenvalue weighted by atomic mass is 16.5. The van der Waals surface area contributed by atoms with E-state index in [1.807, 2.05) is 0 Å². The molecule has 2 aliphatic rings. The highest BCUT2D eigenvalue weighted by Crippen LogP contribution is 2.32. The Kier molecular flexibility index (Phi) is 4.36. The summed E-state index contributed by atoms with van der Waals surface area (Å²) in [5.41, 5.74) is 1.36. The number of nitrogens with one attached hydrogen (secondary N) is 1. The van der Waals surface area contributed by atoms with Crippen molar-refractivity contribution in [1.29, 1.82) is 0 Å². The first-order valence-electron chi connectivity index (χ1n) is 7.47. The molecule has 2 heterocycles. The Morgan fingerprint density at radius 1 is 1.16 bits per heavy atom. The molecule has 3 rings (SSSR count). The molecule has 0 bridgehead atoms. The number of rotatable bonds is 3. The summed E-state index contributed by atoms with van der Waals surface area (Å²) in [7, 11) is 0. The molecule has 1 aromatic rings. The van der Waals surface area contributed by atoms with E-state index in [0.717, 1.165) is 44.9 Å². The van der Waals surface area contributed by atoms with E-state index in [9.17, 15) is 0 Å². The highest BCUT2D eigenvalue weighted by molar-refractivity contribution is 5.37. The zero-order valence-electron chi connectivity index (χ0n) is 11.4. The summed E-state index contributed by atoms with van der Waals surface area (Å²) in [6, 6.07) is 8.52. The van der Waals surface area contributed by atoms with Crippen molar-refractivity contribution < 1.29 is 9.47 Å². The van der Waals surface area contributed by atoms with Gasteiger partial charge in [0.05, 0.1) is 6.61 Å². The lowest BCUT2D eigenvalue weighted by molar-refractivity contribution is 0.00685. The SMILES string of the molecule is c1ccc(C2CCCNC2)c(OC2CCCOC2)c1. The topological polar surface area (TPSA) is 30.5 Å². The lowest BCUT2D eigenvalue weighted by Gasteiger charge is -2.28. The number of benzene rings is 1. The molecule has 2 unspecified atom stereocenters. The van der Waals surface area contributed by atoms with Crippen LogP contribution in [0.25, 0.3) is 0 Å². The molecule has 0 spiro atoms. The Balaban J connectivity index is 1.72. The van der Waals surface area contributed by atoms with E-state index in [0.29, 0.717) is 5.92 Å². The Morgan fingerprint density at radius 2 is 2.11 bits per heavy atom. The summed E-state index contributed by atoms with van der Waals surface area (Å²) in [5.74, 6) is 1.65. The van der Waals surface area contributed by atoms with Crippen molar-refractivity contribution >= 4 is 0 Å². The lowest BCUT2D eigenvalue weighted by atomic mass is 9.91. The second kappa shape index (κ2) is 6.40. The van der Waals surface area contributed by atoms with Gasteiger partial charge in [-0.25, -0.2) is 0 Å². The molecule has 0 aromatic heterocycles. The predicted molar refractivity (Wildman–Crippen MR) is 75.8 cm³/mol. The van der Waals surface area contributed by atoms with Crippen LogP contribution in [0.1, 0.15) is 37.2 Å². The maximum atomic E-state index is 6.19. The van der Waals surface area contributed by atoms with Crippen LogP contribution < -0.4 is 10.1 Å². The van der Waals surface area contributed by atoms with Crippen LogP contribution in [0.2, 0.25) is 0 Å². The van der Waals surface area contributed by atoms with Gasteiger partial charge in [0.25, 0.3) is 0 Å². The molecule has 2 atom stereocenters. The van der Waals surface area contributed by atoms with Crippen molar-refractivity contribution in [1.82, 2.24) is 5.32 Å². The summed E-state index contributed by atoms with van der Waals surface area (Å²) < 4.78 is 11.7. The standard InChI is InChI=1S/C16H23NO2/c1-2-8-16(19-14-6-4-10-18-12-14)15(7-1)13-5-3-9-17-11-13/h1-2,7-8,13-14,17H,3-6,9-12H2. The molecular weight excluding hydrogens is 238 g/mol. The molecule has 1 aromatic carbocycles. The third kappa shape index (κ3) is 3.28. The number of piperidine rings is 1. The van der Waals surface area contributed by atoms with Crippen molar-refractivity contribution in [2.45, 2.75) is 37.7 Å². The third-order valence-corrected chi connectivity index (χ3v) is 4.07. The maximum absolute atomic E-state index is 6.19.